The number of carboxylic acids is 1. The van der Waals surface area contributed by atoms with Gasteiger partial charge in [0.15, 0.2) is 0 Å². The largest absolute Gasteiger partial charge is 0.494 e. The highest BCUT2D eigenvalue weighted by molar-refractivity contribution is 5.67. The Balaban J connectivity index is 1.96. The minimum Gasteiger partial charge on any atom is -0.494 e. The van der Waals surface area contributed by atoms with E-state index in [1.54, 1.807) is 0 Å². The van der Waals surface area contributed by atoms with Gasteiger partial charge in [-0.25, -0.2) is 0 Å². The fraction of sp³-hybridized carbons (Fsp3) is 0.667. The molecule has 0 aliphatic heterocycles. The summed E-state index contributed by atoms with van der Waals surface area (Å²) in [6, 6.07) is 7.79. The van der Waals surface area contributed by atoms with Gasteiger partial charge < -0.3 is 9.84 Å². The first-order valence-electron chi connectivity index (χ1n) is 9.66. The third-order valence-corrected chi connectivity index (χ3v) is 4.32. The molecule has 3 heteroatoms. The Morgan fingerprint density at radius 3 is 1.96 bits per heavy atom. The average Bonchev–Trinajstić information content (AvgIpc) is 2.59. The number of unbranched alkanes of at least 4 members (excludes halogenated alkanes) is 9. The lowest BCUT2D eigenvalue weighted by Gasteiger charge is -2.07. The quantitative estimate of drug-likeness (QED) is 0.400. The molecule has 136 valence electrons. The number of aryl methyl sites for hydroxylation is 1. The molecule has 24 heavy (non-hydrogen) atoms. The molecule has 0 unspecified atom stereocenters. The standard InChI is InChI=1S/C21H34O3/c1-2-3-4-5-6-7-8-9-10-11-18-24-20-15-12-19(13-16-20)14-17-21(22)23/h12-13,15-16H,2-11,14,17-18H2,1H3,(H,22,23). The number of benzene rings is 1. The summed E-state index contributed by atoms with van der Waals surface area (Å²) in [4.78, 5) is 10.5. The maximum Gasteiger partial charge on any atom is 0.303 e. The summed E-state index contributed by atoms with van der Waals surface area (Å²) in [5.74, 6) is 0.126. The Morgan fingerprint density at radius 2 is 1.42 bits per heavy atom. The van der Waals surface area contributed by atoms with E-state index in [0.29, 0.717) is 6.42 Å². The zero-order valence-electron chi connectivity index (χ0n) is 15.3. The molecule has 0 bridgehead atoms. The lowest BCUT2D eigenvalue weighted by Crippen LogP contribution is -1.99. The van der Waals surface area contributed by atoms with Gasteiger partial charge in [0.25, 0.3) is 0 Å². The first-order chi connectivity index (χ1) is 11.7. The van der Waals surface area contributed by atoms with E-state index in [1.165, 1.54) is 57.8 Å². The van der Waals surface area contributed by atoms with Gasteiger partial charge in [0.1, 0.15) is 5.75 Å². The number of rotatable bonds is 15. The molecule has 1 aromatic rings. The van der Waals surface area contributed by atoms with Crippen LogP contribution in [0.4, 0.5) is 0 Å². The first-order valence-corrected chi connectivity index (χ1v) is 9.66. The lowest BCUT2D eigenvalue weighted by molar-refractivity contribution is -0.136. The van der Waals surface area contributed by atoms with Crippen molar-refractivity contribution < 1.29 is 14.6 Å². The van der Waals surface area contributed by atoms with Crippen LogP contribution in [0.15, 0.2) is 24.3 Å². The molecule has 0 saturated heterocycles. The number of hydrogen-bond acceptors (Lipinski definition) is 2. The average molecular weight is 335 g/mol. The van der Waals surface area contributed by atoms with Crippen molar-refractivity contribution in [2.45, 2.75) is 84.0 Å². The summed E-state index contributed by atoms with van der Waals surface area (Å²) in [5, 5.41) is 8.67. The van der Waals surface area contributed by atoms with Crippen molar-refractivity contribution in [1.82, 2.24) is 0 Å². The van der Waals surface area contributed by atoms with Gasteiger partial charge in [-0.05, 0) is 30.5 Å². The van der Waals surface area contributed by atoms with Gasteiger partial charge in [0.05, 0.1) is 6.61 Å². The third-order valence-electron chi connectivity index (χ3n) is 4.32. The Bertz CT molecular complexity index is 425. The van der Waals surface area contributed by atoms with Gasteiger partial charge in [-0.3, -0.25) is 4.79 Å². The fourth-order valence-corrected chi connectivity index (χ4v) is 2.78. The van der Waals surface area contributed by atoms with E-state index in [0.717, 1.165) is 24.3 Å². The molecule has 1 N–H and O–H groups in total. The van der Waals surface area contributed by atoms with Crippen molar-refractivity contribution in [3.8, 4) is 5.75 Å². The summed E-state index contributed by atoms with van der Waals surface area (Å²) in [6.45, 7) is 3.03. The van der Waals surface area contributed by atoms with E-state index < -0.39 is 5.97 Å². The Labute approximate surface area is 147 Å². The summed E-state index contributed by atoms with van der Waals surface area (Å²) in [5.41, 5.74) is 1.05. The van der Waals surface area contributed by atoms with Gasteiger partial charge in [-0.15, -0.1) is 0 Å². The van der Waals surface area contributed by atoms with Crippen LogP contribution in [0.25, 0.3) is 0 Å². The van der Waals surface area contributed by atoms with Crippen LogP contribution in [-0.2, 0) is 11.2 Å². The molecule has 1 rings (SSSR count). The molecular formula is C21H34O3. The van der Waals surface area contributed by atoms with Gasteiger partial charge in [0, 0.05) is 6.42 Å². The number of hydrogen-bond donors (Lipinski definition) is 1. The van der Waals surface area contributed by atoms with Gasteiger partial charge in [-0.2, -0.15) is 0 Å². The fourth-order valence-electron chi connectivity index (χ4n) is 2.78. The smallest absolute Gasteiger partial charge is 0.303 e. The van der Waals surface area contributed by atoms with Crippen LogP contribution in [-0.4, -0.2) is 17.7 Å². The molecule has 0 spiro atoms. The number of carbonyl (C=O) groups is 1. The van der Waals surface area contributed by atoms with Crippen LogP contribution in [0.1, 0.15) is 83.1 Å². The molecule has 0 radical (unpaired) electrons. The van der Waals surface area contributed by atoms with Crippen LogP contribution in [0.3, 0.4) is 0 Å². The maximum atomic E-state index is 10.5. The molecule has 0 amide bonds. The summed E-state index contributed by atoms with van der Waals surface area (Å²) in [6.07, 6.45) is 14.1. The second-order valence-electron chi connectivity index (χ2n) is 6.57. The number of ether oxygens (including phenoxy) is 1. The highest BCUT2D eigenvalue weighted by Crippen LogP contribution is 2.15. The highest BCUT2D eigenvalue weighted by atomic mass is 16.5. The second kappa shape index (κ2) is 13.9. The number of aliphatic carboxylic acids is 1. The van der Waals surface area contributed by atoms with Crippen molar-refractivity contribution >= 4 is 5.97 Å². The Hall–Kier alpha value is -1.51. The van der Waals surface area contributed by atoms with Crippen LogP contribution in [0.2, 0.25) is 0 Å². The van der Waals surface area contributed by atoms with E-state index in [-0.39, 0.29) is 6.42 Å². The Kier molecular flexibility index (Phi) is 11.9. The minimum absolute atomic E-state index is 0.179. The SMILES string of the molecule is CCCCCCCCCCCCOc1ccc(CCC(=O)O)cc1. The van der Waals surface area contributed by atoms with Gasteiger partial charge in [-0.1, -0.05) is 76.8 Å². The molecule has 0 fully saturated rings. The van der Waals surface area contributed by atoms with Crippen LogP contribution in [0, 0.1) is 0 Å². The first kappa shape index (κ1) is 20.5. The predicted molar refractivity (Wildman–Crippen MR) is 99.7 cm³/mol. The molecule has 0 aliphatic carbocycles. The van der Waals surface area contributed by atoms with Crippen molar-refractivity contribution in [3.05, 3.63) is 29.8 Å². The molecule has 0 saturated carbocycles. The van der Waals surface area contributed by atoms with E-state index in [9.17, 15) is 4.79 Å². The van der Waals surface area contributed by atoms with E-state index in [2.05, 4.69) is 6.92 Å². The van der Waals surface area contributed by atoms with Crippen molar-refractivity contribution in [3.63, 3.8) is 0 Å². The molecule has 0 atom stereocenters. The van der Waals surface area contributed by atoms with Crippen molar-refractivity contribution in [1.29, 1.82) is 0 Å². The van der Waals surface area contributed by atoms with Crippen LogP contribution >= 0.6 is 0 Å². The topological polar surface area (TPSA) is 46.5 Å². The third kappa shape index (κ3) is 11.1. The lowest BCUT2D eigenvalue weighted by atomic mass is 10.1. The normalized spacial score (nSPS) is 10.7. The maximum absolute atomic E-state index is 10.5. The molecule has 3 nitrogen and oxygen atoms in total. The molecular weight excluding hydrogens is 300 g/mol. The summed E-state index contributed by atoms with van der Waals surface area (Å²) >= 11 is 0. The molecule has 1 aromatic carbocycles. The van der Waals surface area contributed by atoms with E-state index in [4.69, 9.17) is 9.84 Å². The van der Waals surface area contributed by atoms with Crippen LogP contribution in [0.5, 0.6) is 5.75 Å². The molecule has 0 aromatic heterocycles. The molecule has 0 aliphatic rings. The van der Waals surface area contributed by atoms with Gasteiger partial charge >= 0.3 is 5.97 Å². The zero-order chi connectivity index (χ0) is 17.5. The Morgan fingerprint density at radius 1 is 0.875 bits per heavy atom. The zero-order valence-corrected chi connectivity index (χ0v) is 15.3. The summed E-state index contributed by atoms with van der Waals surface area (Å²) in [7, 11) is 0. The number of carboxylic acid groups (broad SMARTS) is 1. The van der Waals surface area contributed by atoms with Gasteiger partial charge in [0.2, 0.25) is 0 Å². The van der Waals surface area contributed by atoms with Crippen molar-refractivity contribution in [2.24, 2.45) is 0 Å². The minimum atomic E-state index is -0.753. The molecule has 0 heterocycles. The van der Waals surface area contributed by atoms with E-state index >= 15 is 0 Å². The highest BCUT2D eigenvalue weighted by Gasteiger charge is 2.00. The monoisotopic (exact) mass is 334 g/mol. The van der Waals surface area contributed by atoms with E-state index in [1.807, 2.05) is 24.3 Å². The van der Waals surface area contributed by atoms with Crippen LogP contribution < -0.4 is 4.74 Å². The summed E-state index contributed by atoms with van der Waals surface area (Å²) < 4.78 is 5.74. The predicted octanol–water partition coefficient (Wildman–Crippen LogP) is 6.00. The van der Waals surface area contributed by atoms with Crippen molar-refractivity contribution in [2.75, 3.05) is 6.61 Å². The second-order valence-corrected chi connectivity index (χ2v) is 6.57.